The molecule has 1 aromatic carbocycles. The van der Waals surface area contributed by atoms with Gasteiger partial charge in [0, 0.05) is 30.5 Å². The summed E-state index contributed by atoms with van der Waals surface area (Å²) in [6, 6.07) is 13.6. The van der Waals surface area contributed by atoms with Gasteiger partial charge in [0.15, 0.2) is 0 Å². The predicted molar refractivity (Wildman–Crippen MR) is 122 cm³/mol. The first-order chi connectivity index (χ1) is 15.4. The summed E-state index contributed by atoms with van der Waals surface area (Å²) in [5, 5.41) is 8.41. The molecule has 3 fully saturated rings. The SMILES string of the molecule is c1ccc(C2CCC(OCC3NCCC[C@@H]3c3ccnn3C3CCCCO3)CC2)cc1. The zero-order valence-electron chi connectivity index (χ0n) is 18.6. The van der Waals surface area contributed by atoms with Gasteiger partial charge in [-0.05, 0) is 81.9 Å². The molecule has 2 aromatic rings. The molecule has 5 nitrogen and oxygen atoms in total. The maximum absolute atomic E-state index is 6.50. The molecule has 3 aliphatic rings. The maximum Gasteiger partial charge on any atom is 0.150 e. The summed E-state index contributed by atoms with van der Waals surface area (Å²) in [6.07, 6.45) is 13.1. The molecule has 0 spiro atoms. The Hall–Kier alpha value is -1.69. The minimum atomic E-state index is 0.107. The molecule has 1 N–H and O–H groups in total. The number of benzene rings is 1. The van der Waals surface area contributed by atoms with Gasteiger partial charge >= 0.3 is 0 Å². The van der Waals surface area contributed by atoms with Crippen molar-refractivity contribution in [1.29, 1.82) is 0 Å². The van der Waals surface area contributed by atoms with Crippen LogP contribution in [0.15, 0.2) is 42.6 Å². The fourth-order valence-electron chi connectivity index (χ4n) is 5.79. The lowest BCUT2D eigenvalue weighted by atomic mass is 9.82. The molecular formula is C26H37N3O2. The quantitative estimate of drug-likeness (QED) is 0.697. The number of nitrogens with one attached hydrogen (secondary N) is 1. The summed E-state index contributed by atoms with van der Waals surface area (Å²) < 4.78 is 14.7. The molecule has 168 valence electrons. The zero-order valence-corrected chi connectivity index (χ0v) is 18.6. The van der Waals surface area contributed by atoms with E-state index in [4.69, 9.17) is 9.47 Å². The van der Waals surface area contributed by atoms with Crippen LogP contribution in [0, 0.1) is 0 Å². The van der Waals surface area contributed by atoms with Gasteiger partial charge in [-0.2, -0.15) is 5.10 Å². The van der Waals surface area contributed by atoms with E-state index in [2.05, 4.69) is 51.5 Å². The van der Waals surface area contributed by atoms with Gasteiger partial charge in [-0.3, -0.25) is 0 Å². The third kappa shape index (κ3) is 5.05. The van der Waals surface area contributed by atoms with Crippen LogP contribution in [0.1, 0.15) is 87.1 Å². The summed E-state index contributed by atoms with van der Waals surface area (Å²) in [5.74, 6) is 1.15. The lowest BCUT2D eigenvalue weighted by Gasteiger charge is -2.36. The Morgan fingerprint density at radius 1 is 0.968 bits per heavy atom. The van der Waals surface area contributed by atoms with Crippen LogP contribution >= 0.6 is 0 Å². The van der Waals surface area contributed by atoms with E-state index in [1.54, 1.807) is 0 Å². The second-order valence-corrected chi connectivity index (χ2v) is 9.55. The largest absolute Gasteiger partial charge is 0.377 e. The molecule has 5 rings (SSSR count). The minimum Gasteiger partial charge on any atom is -0.377 e. The van der Waals surface area contributed by atoms with E-state index in [9.17, 15) is 0 Å². The predicted octanol–water partition coefficient (Wildman–Crippen LogP) is 5.16. The molecule has 5 heteroatoms. The molecule has 3 heterocycles. The van der Waals surface area contributed by atoms with Gasteiger partial charge < -0.3 is 14.8 Å². The summed E-state index contributed by atoms with van der Waals surface area (Å²) in [6.45, 7) is 2.73. The van der Waals surface area contributed by atoms with Crippen LogP contribution < -0.4 is 5.32 Å². The van der Waals surface area contributed by atoms with Gasteiger partial charge in [0.1, 0.15) is 6.23 Å². The summed E-state index contributed by atoms with van der Waals surface area (Å²) >= 11 is 0. The lowest BCUT2D eigenvalue weighted by molar-refractivity contribution is -0.0431. The van der Waals surface area contributed by atoms with E-state index in [0.717, 1.165) is 26.2 Å². The van der Waals surface area contributed by atoms with E-state index >= 15 is 0 Å². The molecule has 3 atom stereocenters. The minimum absolute atomic E-state index is 0.107. The summed E-state index contributed by atoms with van der Waals surface area (Å²) in [7, 11) is 0. The Morgan fingerprint density at radius 2 is 1.84 bits per heavy atom. The fraction of sp³-hybridized carbons (Fsp3) is 0.654. The number of hydrogen-bond donors (Lipinski definition) is 1. The Balaban J connectivity index is 1.17. The molecule has 2 unspecified atom stereocenters. The van der Waals surface area contributed by atoms with Crippen molar-refractivity contribution < 1.29 is 9.47 Å². The third-order valence-corrected chi connectivity index (χ3v) is 7.55. The first-order valence-corrected chi connectivity index (χ1v) is 12.4. The third-order valence-electron chi connectivity index (χ3n) is 7.55. The van der Waals surface area contributed by atoms with Gasteiger partial charge in [0.25, 0.3) is 0 Å². The lowest BCUT2D eigenvalue weighted by Crippen LogP contribution is -2.45. The van der Waals surface area contributed by atoms with E-state index < -0.39 is 0 Å². The molecule has 0 amide bonds. The monoisotopic (exact) mass is 423 g/mol. The first-order valence-electron chi connectivity index (χ1n) is 12.4. The Bertz CT molecular complexity index is 794. The van der Waals surface area contributed by atoms with E-state index in [1.165, 1.54) is 62.6 Å². The number of ether oxygens (including phenoxy) is 2. The van der Waals surface area contributed by atoms with Crippen molar-refractivity contribution in [2.24, 2.45) is 0 Å². The van der Waals surface area contributed by atoms with Gasteiger partial charge in [-0.25, -0.2) is 4.68 Å². The number of nitrogens with zero attached hydrogens (tertiary/aromatic N) is 2. The standard InChI is InChI=1S/C26H37N3O2/c1-2-7-20(8-3-1)21-11-13-22(14-12-21)31-19-24-23(9-6-16-27-24)25-15-17-28-29(25)26-10-4-5-18-30-26/h1-3,7-8,15,17,21-24,26-27H,4-6,9-14,16,18-19H2/t21?,22?,23-,24?,26?/m0/s1. The highest BCUT2D eigenvalue weighted by molar-refractivity contribution is 5.20. The average Bonchev–Trinajstić information content (AvgIpc) is 3.34. The highest BCUT2D eigenvalue weighted by Crippen LogP contribution is 2.35. The van der Waals surface area contributed by atoms with Gasteiger partial charge in [-0.1, -0.05) is 30.3 Å². The van der Waals surface area contributed by atoms with Crippen LogP contribution in [-0.2, 0) is 9.47 Å². The normalized spacial score (nSPS) is 32.1. The van der Waals surface area contributed by atoms with Crippen molar-refractivity contribution in [3.8, 4) is 0 Å². The van der Waals surface area contributed by atoms with Crippen LogP contribution in [0.2, 0.25) is 0 Å². The average molecular weight is 424 g/mol. The number of hydrogen-bond acceptors (Lipinski definition) is 4. The highest BCUT2D eigenvalue weighted by Gasteiger charge is 2.32. The Labute approximate surface area is 186 Å². The van der Waals surface area contributed by atoms with Crippen molar-refractivity contribution >= 4 is 0 Å². The molecule has 0 radical (unpaired) electrons. The van der Waals surface area contributed by atoms with Crippen molar-refractivity contribution in [3.05, 3.63) is 53.9 Å². The van der Waals surface area contributed by atoms with Gasteiger partial charge in [0.05, 0.1) is 12.7 Å². The molecule has 1 saturated carbocycles. The molecule has 1 aromatic heterocycles. The maximum atomic E-state index is 6.50. The molecular weight excluding hydrogens is 386 g/mol. The number of rotatable bonds is 6. The zero-order chi connectivity index (χ0) is 20.9. The van der Waals surface area contributed by atoms with Crippen molar-refractivity contribution in [2.75, 3.05) is 19.8 Å². The second-order valence-electron chi connectivity index (χ2n) is 9.55. The van der Waals surface area contributed by atoms with Crippen molar-refractivity contribution in [3.63, 3.8) is 0 Å². The van der Waals surface area contributed by atoms with Gasteiger partial charge in [0.2, 0.25) is 0 Å². The van der Waals surface area contributed by atoms with E-state index in [0.29, 0.717) is 24.0 Å². The van der Waals surface area contributed by atoms with Crippen molar-refractivity contribution in [2.45, 2.75) is 88.0 Å². The fourth-order valence-corrected chi connectivity index (χ4v) is 5.79. The molecule has 2 saturated heterocycles. The molecule has 31 heavy (non-hydrogen) atoms. The number of aromatic nitrogens is 2. The van der Waals surface area contributed by atoms with Crippen LogP contribution in [0.25, 0.3) is 0 Å². The van der Waals surface area contributed by atoms with Crippen LogP contribution in [0.5, 0.6) is 0 Å². The van der Waals surface area contributed by atoms with Crippen molar-refractivity contribution in [1.82, 2.24) is 15.1 Å². The second kappa shape index (κ2) is 10.3. The molecule has 1 aliphatic carbocycles. The summed E-state index contributed by atoms with van der Waals surface area (Å²) in [5.41, 5.74) is 2.81. The first kappa shape index (κ1) is 21.2. The topological polar surface area (TPSA) is 48.3 Å². The summed E-state index contributed by atoms with van der Waals surface area (Å²) in [4.78, 5) is 0. The van der Waals surface area contributed by atoms with Crippen LogP contribution in [0.4, 0.5) is 0 Å². The van der Waals surface area contributed by atoms with Gasteiger partial charge in [-0.15, -0.1) is 0 Å². The molecule has 0 bridgehead atoms. The number of piperidine rings is 1. The Kier molecular flexibility index (Phi) is 7.02. The van der Waals surface area contributed by atoms with Crippen LogP contribution in [0.3, 0.4) is 0 Å². The Morgan fingerprint density at radius 3 is 2.65 bits per heavy atom. The van der Waals surface area contributed by atoms with E-state index in [-0.39, 0.29) is 6.23 Å². The van der Waals surface area contributed by atoms with Crippen LogP contribution in [-0.4, -0.2) is 41.7 Å². The van der Waals surface area contributed by atoms with E-state index in [1.807, 2.05) is 6.20 Å². The smallest absolute Gasteiger partial charge is 0.150 e. The molecule has 2 aliphatic heterocycles. The highest BCUT2D eigenvalue weighted by atomic mass is 16.5.